The van der Waals surface area contributed by atoms with Crippen LogP contribution < -0.4 is 5.32 Å². The first-order valence-corrected chi connectivity index (χ1v) is 6.18. The fraction of sp³-hybridized carbons (Fsp3) is 0.500. The Bertz CT molecular complexity index is 412. The fourth-order valence-corrected chi connectivity index (χ4v) is 2.45. The summed E-state index contributed by atoms with van der Waals surface area (Å²) in [7, 11) is 0. The number of amides is 1. The summed E-state index contributed by atoms with van der Waals surface area (Å²) in [5.74, 6) is 0.147. The first-order valence-electron chi connectivity index (χ1n) is 6.18. The van der Waals surface area contributed by atoms with E-state index in [0.717, 1.165) is 24.2 Å². The van der Waals surface area contributed by atoms with E-state index in [1.807, 2.05) is 36.1 Å². The molecule has 1 N–H and O–H groups in total. The molecule has 1 aromatic carbocycles. The van der Waals surface area contributed by atoms with Gasteiger partial charge in [0.1, 0.15) is 0 Å². The lowest BCUT2D eigenvalue weighted by atomic mass is 10.1. The van der Waals surface area contributed by atoms with E-state index < -0.39 is 0 Å². The molecule has 1 amide bonds. The van der Waals surface area contributed by atoms with Gasteiger partial charge in [0.2, 0.25) is 0 Å². The molecule has 0 aromatic heterocycles. The standard InChI is InChI=1S/C14H20N2O.ClH/c1-10-5-4-6-13(7-10)14(17)16-8-11(2)15-12(3)9-16;/h4-7,11-12,15H,8-9H2,1-3H3;1H. The smallest absolute Gasteiger partial charge is 0.253 e. The van der Waals surface area contributed by atoms with Crippen LogP contribution in [0.1, 0.15) is 29.8 Å². The molecule has 2 atom stereocenters. The molecule has 0 saturated carbocycles. The van der Waals surface area contributed by atoms with Crippen molar-refractivity contribution in [3.8, 4) is 0 Å². The van der Waals surface area contributed by atoms with E-state index in [9.17, 15) is 4.79 Å². The lowest BCUT2D eigenvalue weighted by Crippen LogP contribution is -2.55. The van der Waals surface area contributed by atoms with E-state index >= 15 is 0 Å². The highest BCUT2D eigenvalue weighted by Crippen LogP contribution is 2.11. The van der Waals surface area contributed by atoms with Crippen molar-refractivity contribution in [2.24, 2.45) is 0 Å². The number of halogens is 1. The number of carbonyl (C=O) groups excluding carboxylic acids is 1. The predicted molar refractivity (Wildman–Crippen MR) is 76.4 cm³/mol. The molecule has 1 aromatic rings. The quantitative estimate of drug-likeness (QED) is 0.847. The van der Waals surface area contributed by atoms with Crippen molar-refractivity contribution in [1.82, 2.24) is 10.2 Å². The van der Waals surface area contributed by atoms with Gasteiger partial charge in [-0.25, -0.2) is 0 Å². The first kappa shape index (κ1) is 15.0. The van der Waals surface area contributed by atoms with Gasteiger partial charge in [-0.15, -0.1) is 12.4 Å². The number of hydrogen-bond acceptors (Lipinski definition) is 2. The molecule has 1 heterocycles. The summed E-state index contributed by atoms with van der Waals surface area (Å²) in [6.45, 7) is 7.83. The monoisotopic (exact) mass is 268 g/mol. The van der Waals surface area contributed by atoms with Crippen LogP contribution in [0.15, 0.2) is 24.3 Å². The van der Waals surface area contributed by atoms with E-state index in [-0.39, 0.29) is 18.3 Å². The van der Waals surface area contributed by atoms with Crippen molar-refractivity contribution in [3.05, 3.63) is 35.4 Å². The Labute approximate surface area is 115 Å². The van der Waals surface area contributed by atoms with Gasteiger partial charge in [0.05, 0.1) is 0 Å². The van der Waals surface area contributed by atoms with Crippen molar-refractivity contribution in [2.45, 2.75) is 32.9 Å². The van der Waals surface area contributed by atoms with E-state index in [1.165, 1.54) is 0 Å². The van der Waals surface area contributed by atoms with Gasteiger partial charge >= 0.3 is 0 Å². The minimum absolute atomic E-state index is 0. The molecule has 0 aliphatic carbocycles. The molecule has 1 aliphatic heterocycles. The zero-order chi connectivity index (χ0) is 12.4. The Morgan fingerprint density at radius 2 is 1.89 bits per heavy atom. The van der Waals surface area contributed by atoms with Crippen LogP contribution in [0, 0.1) is 6.92 Å². The van der Waals surface area contributed by atoms with Crippen LogP contribution in [0.25, 0.3) is 0 Å². The fourth-order valence-electron chi connectivity index (χ4n) is 2.45. The third kappa shape index (κ3) is 3.47. The number of benzene rings is 1. The molecule has 1 fully saturated rings. The molecule has 1 saturated heterocycles. The topological polar surface area (TPSA) is 32.3 Å². The molecule has 0 bridgehead atoms. The van der Waals surface area contributed by atoms with Crippen molar-refractivity contribution in [3.63, 3.8) is 0 Å². The summed E-state index contributed by atoms with van der Waals surface area (Å²) in [6, 6.07) is 8.55. The third-order valence-electron chi connectivity index (χ3n) is 3.11. The Morgan fingerprint density at radius 3 is 2.44 bits per heavy atom. The first-order chi connectivity index (χ1) is 8.06. The summed E-state index contributed by atoms with van der Waals surface area (Å²) in [5.41, 5.74) is 1.93. The molecule has 4 heteroatoms. The molecule has 0 spiro atoms. The molecule has 2 rings (SSSR count). The highest BCUT2D eigenvalue weighted by molar-refractivity contribution is 5.94. The van der Waals surface area contributed by atoms with Gasteiger partial charge < -0.3 is 10.2 Å². The highest BCUT2D eigenvalue weighted by atomic mass is 35.5. The van der Waals surface area contributed by atoms with Crippen LogP contribution in [-0.2, 0) is 0 Å². The minimum atomic E-state index is 0. The summed E-state index contributed by atoms with van der Waals surface area (Å²) in [4.78, 5) is 14.3. The number of hydrogen-bond donors (Lipinski definition) is 1. The summed E-state index contributed by atoms with van der Waals surface area (Å²) in [5, 5.41) is 3.43. The lowest BCUT2D eigenvalue weighted by molar-refractivity contribution is 0.0673. The third-order valence-corrected chi connectivity index (χ3v) is 3.11. The average molecular weight is 269 g/mol. The maximum absolute atomic E-state index is 12.3. The second-order valence-electron chi connectivity index (χ2n) is 5.05. The van der Waals surface area contributed by atoms with Crippen LogP contribution in [0.5, 0.6) is 0 Å². The van der Waals surface area contributed by atoms with E-state index in [0.29, 0.717) is 12.1 Å². The molecule has 100 valence electrons. The van der Waals surface area contributed by atoms with Crippen molar-refractivity contribution in [2.75, 3.05) is 13.1 Å². The molecular formula is C14H21ClN2O. The predicted octanol–water partition coefficient (Wildman–Crippen LogP) is 2.24. The number of piperazine rings is 1. The Hall–Kier alpha value is -1.06. The lowest BCUT2D eigenvalue weighted by Gasteiger charge is -2.36. The Morgan fingerprint density at radius 1 is 1.28 bits per heavy atom. The zero-order valence-electron chi connectivity index (χ0n) is 11.1. The van der Waals surface area contributed by atoms with Gasteiger partial charge in [-0.2, -0.15) is 0 Å². The molecular weight excluding hydrogens is 248 g/mol. The van der Waals surface area contributed by atoms with Gasteiger partial charge in [0.15, 0.2) is 0 Å². The number of carbonyl (C=O) groups is 1. The summed E-state index contributed by atoms with van der Waals surface area (Å²) in [6.07, 6.45) is 0. The van der Waals surface area contributed by atoms with Crippen LogP contribution >= 0.6 is 12.4 Å². The molecule has 3 nitrogen and oxygen atoms in total. The molecule has 2 unspecified atom stereocenters. The molecule has 0 radical (unpaired) electrons. The number of nitrogens with one attached hydrogen (secondary N) is 1. The molecule has 18 heavy (non-hydrogen) atoms. The van der Waals surface area contributed by atoms with Crippen molar-refractivity contribution in [1.29, 1.82) is 0 Å². The molecule has 1 aliphatic rings. The van der Waals surface area contributed by atoms with Gasteiger partial charge in [-0.3, -0.25) is 4.79 Å². The number of aryl methyl sites for hydroxylation is 1. The van der Waals surface area contributed by atoms with E-state index in [4.69, 9.17) is 0 Å². The maximum Gasteiger partial charge on any atom is 0.253 e. The van der Waals surface area contributed by atoms with Crippen LogP contribution in [0.4, 0.5) is 0 Å². The number of nitrogens with zero attached hydrogens (tertiary/aromatic N) is 1. The second-order valence-corrected chi connectivity index (χ2v) is 5.05. The van der Waals surface area contributed by atoms with Crippen molar-refractivity contribution < 1.29 is 4.79 Å². The summed E-state index contributed by atoms with van der Waals surface area (Å²) >= 11 is 0. The highest BCUT2D eigenvalue weighted by Gasteiger charge is 2.25. The largest absolute Gasteiger partial charge is 0.336 e. The van der Waals surface area contributed by atoms with E-state index in [1.54, 1.807) is 0 Å². The second kappa shape index (κ2) is 6.21. The van der Waals surface area contributed by atoms with Gasteiger partial charge in [-0.1, -0.05) is 17.7 Å². The summed E-state index contributed by atoms with van der Waals surface area (Å²) < 4.78 is 0. The van der Waals surface area contributed by atoms with Crippen LogP contribution in [0.3, 0.4) is 0 Å². The zero-order valence-corrected chi connectivity index (χ0v) is 12.0. The Kier molecular flexibility index (Phi) is 5.17. The minimum Gasteiger partial charge on any atom is -0.336 e. The van der Waals surface area contributed by atoms with Crippen molar-refractivity contribution >= 4 is 18.3 Å². The van der Waals surface area contributed by atoms with E-state index in [2.05, 4.69) is 19.2 Å². The van der Waals surface area contributed by atoms with Crippen LogP contribution in [0.2, 0.25) is 0 Å². The maximum atomic E-state index is 12.3. The SMILES string of the molecule is Cc1cccc(C(=O)N2CC(C)NC(C)C2)c1.Cl. The number of rotatable bonds is 1. The Balaban J connectivity index is 0.00000162. The normalized spacial score (nSPS) is 23.4. The van der Waals surface area contributed by atoms with Gasteiger partial charge in [0, 0.05) is 30.7 Å². The van der Waals surface area contributed by atoms with Gasteiger partial charge in [0.25, 0.3) is 5.91 Å². The van der Waals surface area contributed by atoms with Gasteiger partial charge in [-0.05, 0) is 32.9 Å². The average Bonchev–Trinajstić information content (AvgIpc) is 2.26. The van der Waals surface area contributed by atoms with Crippen LogP contribution in [-0.4, -0.2) is 36.0 Å².